The van der Waals surface area contributed by atoms with E-state index >= 15 is 0 Å². The Balaban J connectivity index is 1.38. The molecule has 3 aromatic carbocycles. The van der Waals surface area contributed by atoms with Crippen LogP contribution in [0.3, 0.4) is 0 Å². The Kier molecular flexibility index (Phi) is 9.98. The van der Waals surface area contributed by atoms with Gasteiger partial charge >= 0.3 is 0 Å². The van der Waals surface area contributed by atoms with Crippen molar-refractivity contribution in [2.24, 2.45) is 10.2 Å². The first-order valence-corrected chi connectivity index (χ1v) is 14.9. The summed E-state index contributed by atoms with van der Waals surface area (Å²) in [5.41, 5.74) is 1.55. The number of benzene rings is 3. The van der Waals surface area contributed by atoms with Crippen LogP contribution in [0.25, 0.3) is 6.08 Å². The number of ether oxygens (including phenoxy) is 1. The minimum Gasteiger partial charge on any atom is -0.483 e. The molecule has 0 aliphatic carbocycles. The summed E-state index contributed by atoms with van der Waals surface area (Å²) in [5, 5.41) is 12.1. The van der Waals surface area contributed by atoms with E-state index in [9.17, 15) is 14.0 Å². The Hall–Kier alpha value is -3.90. The highest BCUT2D eigenvalue weighted by molar-refractivity contribution is 9.10. The Bertz CT molecular complexity index is 1750. The minimum atomic E-state index is -0.434. The molecule has 0 spiro atoms. The number of halogens is 4. The maximum absolute atomic E-state index is 13.5. The van der Waals surface area contributed by atoms with Gasteiger partial charge in [-0.15, -0.1) is 5.10 Å². The average Bonchev–Trinajstić information content (AvgIpc) is 3.60. The summed E-state index contributed by atoms with van der Waals surface area (Å²) in [7, 11) is 0. The van der Waals surface area contributed by atoms with Crippen molar-refractivity contribution in [2.75, 3.05) is 11.9 Å². The predicted molar refractivity (Wildman–Crippen MR) is 171 cm³/mol. The van der Waals surface area contributed by atoms with Crippen molar-refractivity contribution < 1.29 is 23.1 Å². The highest BCUT2D eigenvalue weighted by Gasteiger charge is 2.34. The number of anilines is 1. The fourth-order valence-electron chi connectivity index (χ4n) is 3.82. The van der Waals surface area contributed by atoms with E-state index in [2.05, 4.69) is 31.4 Å². The second kappa shape index (κ2) is 14.0. The molecule has 0 saturated carbocycles. The number of carbonyl (C=O) groups is 2. The SMILES string of the molecule is O=C(COc1ccc(Br)cc1/C=C1\S/C(=N\N=C\c2cccc(Cl)c2Cl)N(Cc2ccco2)C1=O)Nc1ccc(F)cc1. The molecule has 4 aromatic rings. The average molecular weight is 702 g/mol. The molecule has 5 rings (SSSR count). The van der Waals surface area contributed by atoms with Crippen molar-refractivity contribution in [1.29, 1.82) is 0 Å². The molecule has 1 N–H and O–H groups in total. The van der Waals surface area contributed by atoms with Gasteiger partial charge in [-0.2, -0.15) is 5.10 Å². The second-order valence-corrected chi connectivity index (χ2v) is 11.6. The number of carbonyl (C=O) groups excluding carboxylic acids is 2. The topological polar surface area (TPSA) is 96.5 Å². The van der Waals surface area contributed by atoms with Crippen LogP contribution in [0.5, 0.6) is 5.75 Å². The second-order valence-electron chi connectivity index (χ2n) is 8.88. The van der Waals surface area contributed by atoms with E-state index in [-0.39, 0.29) is 19.1 Å². The number of furan rings is 1. The summed E-state index contributed by atoms with van der Waals surface area (Å²) in [4.78, 5) is 27.8. The number of hydrogen-bond donors (Lipinski definition) is 1. The fraction of sp³-hybridized carbons (Fsp3) is 0.0667. The van der Waals surface area contributed by atoms with Crippen molar-refractivity contribution in [2.45, 2.75) is 6.54 Å². The molecule has 218 valence electrons. The Morgan fingerprint density at radius 2 is 1.91 bits per heavy atom. The van der Waals surface area contributed by atoms with Gasteiger partial charge in [0.15, 0.2) is 11.8 Å². The zero-order valence-corrected chi connectivity index (χ0v) is 25.9. The number of amides is 2. The van der Waals surface area contributed by atoms with Gasteiger partial charge in [0.25, 0.3) is 11.8 Å². The largest absolute Gasteiger partial charge is 0.483 e. The van der Waals surface area contributed by atoms with Crippen molar-refractivity contribution in [1.82, 2.24) is 4.90 Å². The van der Waals surface area contributed by atoms with Crippen molar-refractivity contribution in [3.8, 4) is 5.75 Å². The summed E-state index contributed by atoms with van der Waals surface area (Å²) >= 11 is 16.9. The van der Waals surface area contributed by atoms with Gasteiger partial charge in [-0.25, -0.2) is 4.39 Å². The third kappa shape index (κ3) is 7.94. The molecule has 13 heteroatoms. The van der Waals surface area contributed by atoms with Crippen LogP contribution in [0.2, 0.25) is 10.0 Å². The lowest BCUT2D eigenvalue weighted by molar-refractivity contribution is -0.122. The molecule has 0 unspecified atom stereocenters. The fourth-order valence-corrected chi connectivity index (χ4v) is 5.48. The predicted octanol–water partition coefficient (Wildman–Crippen LogP) is 8.01. The summed E-state index contributed by atoms with van der Waals surface area (Å²) in [5.74, 6) is -0.236. The quantitative estimate of drug-likeness (QED) is 0.108. The molecule has 0 radical (unpaired) electrons. The molecule has 43 heavy (non-hydrogen) atoms. The van der Waals surface area contributed by atoms with Gasteiger partial charge < -0.3 is 14.5 Å². The Morgan fingerprint density at radius 1 is 1.09 bits per heavy atom. The van der Waals surface area contributed by atoms with Crippen LogP contribution in [-0.4, -0.2) is 34.7 Å². The number of nitrogens with zero attached hydrogens (tertiary/aromatic N) is 3. The van der Waals surface area contributed by atoms with Crippen LogP contribution in [0.1, 0.15) is 16.9 Å². The van der Waals surface area contributed by atoms with Gasteiger partial charge in [-0.1, -0.05) is 51.3 Å². The molecular weight excluding hydrogens is 682 g/mol. The molecular formula is C30H20BrCl2FN4O4S. The van der Waals surface area contributed by atoms with Crippen LogP contribution in [-0.2, 0) is 16.1 Å². The van der Waals surface area contributed by atoms with Crippen LogP contribution < -0.4 is 10.1 Å². The van der Waals surface area contributed by atoms with E-state index in [1.165, 1.54) is 41.6 Å². The lowest BCUT2D eigenvalue weighted by Gasteiger charge is -2.13. The third-order valence-electron chi connectivity index (χ3n) is 5.85. The number of amidine groups is 1. The zero-order chi connectivity index (χ0) is 30.3. The Morgan fingerprint density at radius 3 is 2.67 bits per heavy atom. The van der Waals surface area contributed by atoms with E-state index in [0.717, 1.165) is 16.2 Å². The monoisotopic (exact) mass is 700 g/mol. The first-order chi connectivity index (χ1) is 20.8. The van der Waals surface area contributed by atoms with Crippen LogP contribution in [0.4, 0.5) is 10.1 Å². The molecule has 8 nitrogen and oxygen atoms in total. The van der Waals surface area contributed by atoms with Gasteiger partial charge in [-0.05, 0) is 78.5 Å². The highest BCUT2D eigenvalue weighted by atomic mass is 79.9. The summed E-state index contributed by atoms with van der Waals surface area (Å²) in [6.07, 6.45) is 4.63. The molecule has 1 saturated heterocycles. The van der Waals surface area contributed by atoms with Crippen molar-refractivity contribution >= 4 is 85.9 Å². The van der Waals surface area contributed by atoms with E-state index in [4.69, 9.17) is 32.4 Å². The smallest absolute Gasteiger partial charge is 0.267 e. The lowest BCUT2D eigenvalue weighted by atomic mass is 10.2. The van der Waals surface area contributed by atoms with E-state index in [1.807, 2.05) is 0 Å². The molecule has 1 aliphatic heterocycles. The van der Waals surface area contributed by atoms with Crippen LogP contribution in [0, 0.1) is 5.82 Å². The van der Waals surface area contributed by atoms with Gasteiger partial charge in [0.05, 0.1) is 34.0 Å². The van der Waals surface area contributed by atoms with Crippen LogP contribution >= 0.6 is 50.9 Å². The number of thioether (sulfide) groups is 1. The highest BCUT2D eigenvalue weighted by Crippen LogP contribution is 2.36. The number of nitrogens with one attached hydrogen (secondary N) is 1. The number of hydrogen-bond acceptors (Lipinski definition) is 7. The summed E-state index contributed by atoms with van der Waals surface area (Å²) in [6.45, 7) is -0.178. The van der Waals surface area contributed by atoms with Gasteiger partial charge in [0, 0.05) is 21.3 Å². The minimum absolute atomic E-state index is 0.133. The summed E-state index contributed by atoms with van der Waals surface area (Å²) < 4.78 is 25.1. The van der Waals surface area contributed by atoms with Crippen molar-refractivity contribution in [3.63, 3.8) is 0 Å². The molecule has 1 fully saturated rings. The lowest BCUT2D eigenvalue weighted by Crippen LogP contribution is -2.28. The maximum Gasteiger partial charge on any atom is 0.267 e. The summed E-state index contributed by atoms with van der Waals surface area (Å²) in [6, 6.07) is 19.2. The van der Waals surface area contributed by atoms with E-state index < -0.39 is 11.7 Å². The first kappa shape index (κ1) is 30.6. The van der Waals surface area contributed by atoms with E-state index in [0.29, 0.717) is 48.4 Å². The van der Waals surface area contributed by atoms with Crippen LogP contribution in [0.15, 0.2) is 103 Å². The van der Waals surface area contributed by atoms with Gasteiger partial charge in [-0.3, -0.25) is 14.5 Å². The van der Waals surface area contributed by atoms with Gasteiger partial charge in [0.1, 0.15) is 17.3 Å². The normalized spacial score (nSPS) is 15.2. The zero-order valence-electron chi connectivity index (χ0n) is 22.0. The third-order valence-corrected chi connectivity index (χ3v) is 8.17. The van der Waals surface area contributed by atoms with Crippen molar-refractivity contribution in [3.05, 3.63) is 121 Å². The molecule has 2 amide bonds. The molecule has 2 heterocycles. The molecule has 1 aliphatic rings. The first-order valence-electron chi connectivity index (χ1n) is 12.5. The maximum atomic E-state index is 13.5. The number of rotatable bonds is 9. The van der Waals surface area contributed by atoms with Gasteiger partial charge in [0.2, 0.25) is 0 Å². The molecule has 1 aromatic heterocycles. The molecule has 0 atom stereocenters. The van der Waals surface area contributed by atoms with E-state index in [1.54, 1.807) is 54.6 Å². The molecule has 0 bridgehead atoms. The standard InChI is InChI=1S/C30H20BrCl2FN4O4S/c31-20-6-11-25(42-17-27(39)36-22-9-7-21(34)8-10-22)19(13-20)14-26-29(40)38(16-23-4-2-12-41-23)30(43-26)37-35-15-18-3-1-5-24(32)28(18)33/h1-15H,16-17H2,(H,36,39)/b26-14-,35-15+,37-30-. The Labute approximate surface area is 268 Å².